The first-order valence-corrected chi connectivity index (χ1v) is 5.34. The van der Waals surface area contributed by atoms with Crippen LogP contribution in [0, 0.1) is 11.8 Å². The number of carbonyl (C=O) groups is 1. The van der Waals surface area contributed by atoms with Crippen LogP contribution < -0.4 is 4.74 Å². The summed E-state index contributed by atoms with van der Waals surface area (Å²) in [4.78, 5) is 15.9. The fraction of sp³-hybridized carbons (Fsp3) is 0.500. The van der Waals surface area contributed by atoms with Gasteiger partial charge in [0.1, 0.15) is 5.75 Å². The van der Waals surface area contributed by atoms with E-state index in [2.05, 4.69) is 11.9 Å². The summed E-state index contributed by atoms with van der Waals surface area (Å²) in [7, 11) is 0. The minimum absolute atomic E-state index is 0.205. The van der Waals surface area contributed by atoms with Gasteiger partial charge in [-0.15, -0.1) is 0 Å². The lowest BCUT2D eigenvalue weighted by molar-refractivity contribution is 0.0961. The summed E-state index contributed by atoms with van der Waals surface area (Å²) in [5.74, 6) is 1.63. The van der Waals surface area contributed by atoms with Crippen molar-refractivity contribution in [1.29, 1.82) is 0 Å². The standard InChI is InChI=1S/C12H15NO2/c1-3-15-10-5-9(6-13-7-10)12(14)11-4-8(11)2/h5-8,11H,3-4H2,1-2H3. The van der Waals surface area contributed by atoms with Gasteiger partial charge >= 0.3 is 0 Å². The molecular weight excluding hydrogens is 190 g/mol. The third-order valence-electron chi connectivity index (χ3n) is 2.75. The van der Waals surface area contributed by atoms with Gasteiger partial charge in [0.15, 0.2) is 5.78 Å². The summed E-state index contributed by atoms with van der Waals surface area (Å²) in [5.41, 5.74) is 0.676. The molecule has 0 radical (unpaired) electrons. The SMILES string of the molecule is CCOc1cncc(C(=O)C2CC2C)c1. The molecule has 1 fully saturated rings. The number of nitrogens with zero attached hydrogens (tertiary/aromatic N) is 1. The van der Waals surface area contributed by atoms with Crippen LogP contribution in [0.1, 0.15) is 30.6 Å². The van der Waals surface area contributed by atoms with E-state index >= 15 is 0 Å². The van der Waals surface area contributed by atoms with E-state index in [9.17, 15) is 4.79 Å². The Morgan fingerprint density at radius 1 is 1.60 bits per heavy atom. The maximum absolute atomic E-state index is 11.9. The number of pyridine rings is 1. The van der Waals surface area contributed by atoms with Crippen molar-refractivity contribution in [2.75, 3.05) is 6.61 Å². The summed E-state index contributed by atoms with van der Waals surface area (Å²) in [6.45, 7) is 4.61. The Morgan fingerprint density at radius 3 is 2.93 bits per heavy atom. The van der Waals surface area contributed by atoms with Crippen LogP contribution in [0.5, 0.6) is 5.75 Å². The molecule has 1 heterocycles. The molecule has 1 aliphatic carbocycles. The molecule has 0 amide bonds. The number of hydrogen-bond acceptors (Lipinski definition) is 3. The molecule has 0 aromatic carbocycles. The fourth-order valence-corrected chi connectivity index (χ4v) is 1.70. The normalized spacial score (nSPS) is 23.6. The Labute approximate surface area is 89.5 Å². The van der Waals surface area contributed by atoms with E-state index in [-0.39, 0.29) is 11.7 Å². The average molecular weight is 205 g/mol. The minimum atomic E-state index is 0.205. The van der Waals surface area contributed by atoms with Gasteiger partial charge in [-0.3, -0.25) is 9.78 Å². The highest BCUT2D eigenvalue weighted by atomic mass is 16.5. The Hall–Kier alpha value is -1.38. The van der Waals surface area contributed by atoms with Crippen LogP contribution in [0.4, 0.5) is 0 Å². The maximum Gasteiger partial charge on any atom is 0.167 e. The largest absolute Gasteiger partial charge is 0.492 e. The Morgan fingerprint density at radius 2 is 2.33 bits per heavy atom. The first-order chi connectivity index (χ1) is 7.22. The highest BCUT2D eigenvalue weighted by Gasteiger charge is 2.39. The van der Waals surface area contributed by atoms with E-state index in [0.717, 1.165) is 6.42 Å². The third-order valence-corrected chi connectivity index (χ3v) is 2.75. The number of aromatic nitrogens is 1. The first kappa shape index (κ1) is 10.1. The molecule has 2 atom stereocenters. The highest BCUT2D eigenvalue weighted by molar-refractivity contribution is 5.99. The van der Waals surface area contributed by atoms with Crippen molar-refractivity contribution >= 4 is 5.78 Å². The molecule has 0 spiro atoms. The van der Waals surface area contributed by atoms with Gasteiger partial charge in [0.2, 0.25) is 0 Å². The molecule has 1 aromatic rings. The van der Waals surface area contributed by atoms with Crippen molar-refractivity contribution in [2.24, 2.45) is 11.8 Å². The van der Waals surface area contributed by atoms with E-state index in [1.807, 2.05) is 6.92 Å². The molecular formula is C12H15NO2. The predicted octanol–water partition coefficient (Wildman–Crippen LogP) is 2.32. The number of Topliss-reactive ketones (excluding diaryl/α,β-unsaturated/α-hetero) is 1. The summed E-state index contributed by atoms with van der Waals surface area (Å²) in [6.07, 6.45) is 4.27. The molecule has 15 heavy (non-hydrogen) atoms. The van der Waals surface area contributed by atoms with Crippen molar-refractivity contribution in [1.82, 2.24) is 4.98 Å². The lowest BCUT2D eigenvalue weighted by Crippen LogP contribution is -2.04. The molecule has 0 bridgehead atoms. The zero-order valence-corrected chi connectivity index (χ0v) is 9.06. The van der Waals surface area contributed by atoms with Crippen molar-refractivity contribution in [2.45, 2.75) is 20.3 Å². The highest BCUT2D eigenvalue weighted by Crippen LogP contribution is 2.40. The zero-order valence-electron chi connectivity index (χ0n) is 9.06. The lowest BCUT2D eigenvalue weighted by atomic mass is 10.1. The molecule has 1 aliphatic rings. The second-order valence-corrected chi connectivity index (χ2v) is 4.03. The van der Waals surface area contributed by atoms with Gasteiger partial charge in [-0.2, -0.15) is 0 Å². The number of carbonyl (C=O) groups excluding carboxylic acids is 1. The molecule has 2 unspecified atom stereocenters. The Kier molecular flexibility index (Phi) is 2.71. The number of rotatable bonds is 4. The molecule has 1 aromatic heterocycles. The molecule has 1 saturated carbocycles. The summed E-state index contributed by atoms with van der Waals surface area (Å²) in [5, 5.41) is 0. The molecule has 3 heteroatoms. The van der Waals surface area contributed by atoms with Gasteiger partial charge in [0.05, 0.1) is 12.8 Å². The van der Waals surface area contributed by atoms with Crippen LogP contribution in [0.2, 0.25) is 0 Å². The lowest BCUT2D eigenvalue weighted by Gasteiger charge is -2.04. The van der Waals surface area contributed by atoms with Gasteiger partial charge < -0.3 is 4.74 Å². The topological polar surface area (TPSA) is 39.2 Å². The van der Waals surface area contributed by atoms with E-state index in [0.29, 0.717) is 23.8 Å². The number of ketones is 1. The Bertz CT molecular complexity index is 376. The quantitative estimate of drug-likeness (QED) is 0.708. The zero-order chi connectivity index (χ0) is 10.8. The van der Waals surface area contributed by atoms with Crippen LogP contribution >= 0.6 is 0 Å². The van der Waals surface area contributed by atoms with Gasteiger partial charge in [0, 0.05) is 17.7 Å². The van der Waals surface area contributed by atoms with Crippen LogP contribution in [0.15, 0.2) is 18.5 Å². The van der Waals surface area contributed by atoms with Gasteiger partial charge in [-0.1, -0.05) is 6.92 Å². The smallest absolute Gasteiger partial charge is 0.167 e. The first-order valence-electron chi connectivity index (χ1n) is 5.34. The number of ether oxygens (including phenoxy) is 1. The molecule has 3 nitrogen and oxygen atoms in total. The van der Waals surface area contributed by atoms with Crippen molar-refractivity contribution in [3.05, 3.63) is 24.0 Å². The fourth-order valence-electron chi connectivity index (χ4n) is 1.70. The molecule has 0 saturated heterocycles. The second kappa shape index (κ2) is 4.01. The molecule has 2 rings (SSSR count). The number of hydrogen-bond donors (Lipinski definition) is 0. The Balaban J connectivity index is 2.13. The summed E-state index contributed by atoms with van der Waals surface area (Å²) >= 11 is 0. The van der Waals surface area contributed by atoms with Crippen molar-refractivity contribution in [3.63, 3.8) is 0 Å². The van der Waals surface area contributed by atoms with Gasteiger partial charge in [-0.05, 0) is 25.3 Å². The molecule has 80 valence electrons. The van der Waals surface area contributed by atoms with Crippen LogP contribution in [-0.2, 0) is 0 Å². The van der Waals surface area contributed by atoms with Gasteiger partial charge in [-0.25, -0.2) is 0 Å². The van der Waals surface area contributed by atoms with E-state index in [1.54, 1.807) is 18.5 Å². The average Bonchev–Trinajstić information content (AvgIpc) is 2.95. The molecule has 0 aliphatic heterocycles. The third kappa shape index (κ3) is 2.17. The van der Waals surface area contributed by atoms with Crippen LogP contribution in [0.3, 0.4) is 0 Å². The van der Waals surface area contributed by atoms with Crippen LogP contribution in [-0.4, -0.2) is 17.4 Å². The van der Waals surface area contributed by atoms with E-state index < -0.39 is 0 Å². The minimum Gasteiger partial charge on any atom is -0.492 e. The summed E-state index contributed by atoms with van der Waals surface area (Å²) in [6, 6.07) is 1.78. The maximum atomic E-state index is 11.9. The van der Waals surface area contributed by atoms with Gasteiger partial charge in [0.25, 0.3) is 0 Å². The predicted molar refractivity (Wildman–Crippen MR) is 57.0 cm³/mol. The van der Waals surface area contributed by atoms with Crippen LogP contribution in [0.25, 0.3) is 0 Å². The summed E-state index contributed by atoms with van der Waals surface area (Å²) < 4.78 is 5.31. The van der Waals surface area contributed by atoms with Crippen molar-refractivity contribution in [3.8, 4) is 5.75 Å². The molecule has 0 N–H and O–H groups in total. The van der Waals surface area contributed by atoms with Crippen molar-refractivity contribution < 1.29 is 9.53 Å². The monoisotopic (exact) mass is 205 g/mol. The van der Waals surface area contributed by atoms with E-state index in [1.165, 1.54) is 0 Å². The second-order valence-electron chi connectivity index (χ2n) is 4.03. The van der Waals surface area contributed by atoms with E-state index in [4.69, 9.17) is 4.74 Å².